The van der Waals surface area contributed by atoms with Crippen LogP contribution in [0.1, 0.15) is 24.2 Å². The fraction of sp³-hybridized carbons (Fsp3) is 0.412. The predicted octanol–water partition coefficient (Wildman–Crippen LogP) is -1.55. The lowest BCUT2D eigenvalue weighted by molar-refractivity contribution is -0.161. The molecule has 2 heterocycles. The summed E-state index contributed by atoms with van der Waals surface area (Å²) in [5.41, 5.74) is 29.0. The fourth-order valence-electron chi connectivity index (χ4n) is 2.33. The molecule has 15 heteroatoms. The summed E-state index contributed by atoms with van der Waals surface area (Å²) in [5.74, 6) is -3.96. The van der Waals surface area contributed by atoms with E-state index < -0.39 is 42.0 Å². The molecule has 174 valence electrons. The van der Waals surface area contributed by atoms with E-state index in [0.717, 1.165) is 0 Å². The molecular weight excluding hydrogens is 462 g/mol. The summed E-state index contributed by atoms with van der Waals surface area (Å²) in [6.45, 7) is 0. The summed E-state index contributed by atoms with van der Waals surface area (Å²) in [5, 5.41) is 3.90. The van der Waals surface area contributed by atoms with Crippen LogP contribution in [0.4, 0.5) is 10.3 Å². The van der Waals surface area contributed by atoms with Gasteiger partial charge in [-0.2, -0.15) is 0 Å². The number of carbonyl (C=O) groups is 4. The topological polar surface area (TPSA) is 243 Å². The van der Waals surface area contributed by atoms with E-state index in [1.165, 1.54) is 22.7 Å². The molecule has 10 N–H and O–H groups in total. The summed E-state index contributed by atoms with van der Waals surface area (Å²) in [6.07, 6.45) is -0.538. The third-order valence-corrected chi connectivity index (χ3v) is 5.43. The van der Waals surface area contributed by atoms with Crippen LogP contribution < -0.4 is 28.7 Å². The third kappa shape index (κ3) is 7.93. The molecule has 0 fully saturated rings. The maximum absolute atomic E-state index is 12.0. The van der Waals surface area contributed by atoms with Crippen molar-refractivity contribution in [3.05, 3.63) is 22.1 Å². The van der Waals surface area contributed by atoms with Crippen molar-refractivity contribution >= 4 is 56.8 Å². The van der Waals surface area contributed by atoms with Gasteiger partial charge in [-0.05, 0) is 6.42 Å². The highest BCUT2D eigenvalue weighted by atomic mass is 32.1. The maximum atomic E-state index is 12.0. The first-order valence-corrected chi connectivity index (χ1v) is 11.0. The minimum atomic E-state index is -1.31. The number of nitrogen functional groups attached to an aromatic ring is 2. The average molecular weight is 486 g/mol. The average Bonchev–Trinajstić information content (AvgIpc) is 3.33. The van der Waals surface area contributed by atoms with Crippen molar-refractivity contribution in [2.45, 2.75) is 43.8 Å². The number of hydrogen-bond acceptors (Lipinski definition) is 15. The molecule has 0 spiro atoms. The minimum absolute atomic E-state index is 0.0250. The highest BCUT2D eigenvalue weighted by Crippen LogP contribution is 2.14. The molecule has 0 saturated heterocycles. The van der Waals surface area contributed by atoms with Gasteiger partial charge in [0.2, 0.25) is 0 Å². The van der Waals surface area contributed by atoms with E-state index >= 15 is 0 Å². The number of esters is 4. The van der Waals surface area contributed by atoms with Gasteiger partial charge in [-0.25, -0.2) is 24.4 Å². The zero-order chi connectivity index (χ0) is 23.8. The number of nitrogens with two attached hydrogens (primary N) is 5. The Hall–Kier alpha value is -2.98. The first-order valence-electron chi connectivity index (χ1n) is 9.21. The second kappa shape index (κ2) is 11.6. The van der Waals surface area contributed by atoms with Gasteiger partial charge in [0.1, 0.15) is 18.1 Å². The number of ether oxygens (including phenoxy) is 2. The van der Waals surface area contributed by atoms with Gasteiger partial charge in [-0.3, -0.25) is 4.79 Å². The standard InChI is InChI=1S/C17H23N7O6S2/c18-9(13(26)30-15(28)11(20)4-8-6-32-17(22)24-8)1-2-12(25)29-14(27)10(19)3-7-5-31-16(21)23-7/h5-6,9-11H,1-4,18-20H2,(H2,21,23)(H2,22,24)/t9-,10-,11-/m0/s1. The molecule has 0 unspecified atom stereocenters. The predicted molar refractivity (Wildman–Crippen MR) is 116 cm³/mol. The summed E-state index contributed by atoms with van der Waals surface area (Å²) >= 11 is 2.37. The van der Waals surface area contributed by atoms with E-state index in [2.05, 4.69) is 19.4 Å². The molecule has 13 nitrogen and oxygen atoms in total. The normalized spacial score (nSPS) is 13.7. The number of nitrogens with zero attached hydrogens (tertiary/aromatic N) is 2. The lowest BCUT2D eigenvalue weighted by atomic mass is 10.1. The van der Waals surface area contributed by atoms with Crippen molar-refractivity contribution in [1.82, 2.24) is 9.97 Å². The van der Waals surface area contributed by atoms with E-state index in [1.807, 2.05) is 0 Å². The molecular formula is C17H23N7O6S2. The van der Waals surface area contributed by atoms with E-state index in [-0.39, 0.29) is 25.7 Å². The SMILES string of the molecule is Nc1nc(C[C@H](N)C(=O)OC(=O)CC[C@H](N)C(=O)OC(=O)[C@@H](N)Cc2csc(N)n2)cs1. The number of anilines is 2. The van der Waals surface area contributed by atoms with Crippen molar-refractivity contribution in [2.75, 3.05) is 11.5 Å². The first kappa shape index (κ1) is 25.3. The molecule has 3 atom stereocenters. The Bertz CT molecular complexity index is 978. The molecule has 0 aromatic carbocycles. The van der Waals surface area contributed by atoms with Crippen LogP contribution in [-0.4, -0.2) is 52.0 Å². The van der Waals surface area contributed by atoms with Gasteiger partial charge >= 0.3 is 23.9 Å². The second-order valence-electron chi connectivity index (χ2n) is 6.65. The first-order chi connectivity index (χ1) is 15.0. The zero-order valence-electron chi connectivity index (χ0n) is 16.8. The number of aromatic nitrogens is 2. The Balaban J connectivity index is 1.71. The molecule has 0 amide bonds. The summed E-state index contributed by atoms with van der Waals surface area (Å²) < 4.78 is 9.27. The van der Waals surface area contributed by atoms with Gasteiger partial charge in [0.05, 0.1) is 11.4 Å². The van der Waals surface area contributed by atoms with Crippen LogP contribution >= 0.6 is 22.7 Å². The van der Waals surface area contributed by atoms with Crippen molar-refractivity contribution < 1.29 is 28.7 Å². The van der Waals surface area contributed by atoms with E-state index in [4.69, 9.17) is 28.7 Å². The van der Waals surface area contributed by atoms with Crippen LogP contribution in [0.15, 0.2) is 10.8 Å². The lowest BCUT2D eigenvalue weighted by Gasteiger charge is -2.13. The Labute approximate surface area is 190 Å². The van der Waals surface area contributed by atoms with Gasteiger partial charge in [0.25, 0.3) is 0 Å². The molecule has 0 saturated carbocycles. The molecule has 0 aliphatic heterocycles. The smallest absolute Gasteiger partial charge is 0.330 e. The van der Waals surface area contributed by atoms with Crippen molar-refractivity contribution in [3.8, 4) is 0 Å². The third-order valence-electron chi connectivity index (χ3n) is 3.98. The molecule has 0 radical (unpaired) electrons. The minimum Gasteiger partial charge on any atom is -0.392 e. The monoisotopic (exact) mass is 485 g/mol. The molecule has 2 aromatic heterocycles. The Morgan fingerprint density at radius 3 is 1.66 bits per heavy atom. The van der Waals surface area contributed by atoms with E-state index in [1.54, 1.807) is 10.8 Å². The van der Waals surface area contributed by atoms with Crippen LogP contribution in [0.2, 0.25) is 0 Å². The number of hydrogen-bond donors (Lipinski definition) is 5. The van der Waals surface area contributed by atoms with Gasteiger partial charge in [0, 0.05) is 30.0 Å². The number of rotatable bonds is 10. The summed E-state index contributed by atoms with van der Waals surface area (Å²) in [7, 11) is 0. The lowest BCUT2D eigenvalue weighted by Crippen LogP contribution is -2.41. The zero-order valence-corrected chi connectivity index (χ0v) is 18.4. The van der Waals surface area contributed by atoms with Crippen molar-refractivity contribution in [3.63, 3.8) is 0 Å². The highest BCUT2D eigenvalue weighted by molar-refractivity contribution is 7.13. The van der Waals surface area contributed by atoms with Crippen LogP contribution in [-0.2, 0) is 41.5 Å². The van der Waals surface area contributed by atoms with Crippen LogP contribution in [0.5, 0.6) is 0 Å². The Kier molecular flexibility index (Phi) is 9.15. The molecule has 2 rings (SSSR count). The molecule has 2 aromatic rings. The van der Waals surface area contributed by atoms with Crippen LogP contribution in [0.25, 0.3) is 0 Å². The molecule has 0 aliphatic rings. The van der Waals surface area contributed by atoms with Gasteiger partial charge in [-0.15, -0.1) is 22.7 Å². The number of carbonyl (C=O) groups excluding carboxylic acids is 4. The molecule has 0 bridgehead atoms. The largest absolute Gasteiger partial charge is 0.392 e. The summed E-state index contributed by atoms with van der Waals surface area (Å²) in [4.78, 5) is 55.5. The van der Waals surface area contributed by atoms with Gasteiger partial charge < -0.3 is 38.1 Å². The van der Waals surface area contributed by atoms with Crippen LogP contribution in [0.3, 0.4) is 0 Å². The Morgan fingerprint density at radius 1 is 0.781 bits per heavy atom. The van der Waals surface area contributed by atoms with E-state index in [0.29, 0.717) is 21.7 Å². The van der Waals surface area contributed by atoms with Crippen LogP contribution in [0, 0.1) is 0 Å². The highest BCUT2D eigenvalue weighted by Gasteiger charge is 2.26. The molecule has 32 heavy (non-hydrogen) atoms. The van der Waals surface area contributed by atoms with Gasteiger partial charge in [0.15, 0.2) is 10.3 Å². The van der Waals surface area contributed by atoms with Crippen molar-refractivity contribution in [1.29, 1.82) is 0 Å². The van der Waals surface area contributed by atoms with Crippen molar-refractivity contribution in [2.24, 2.45) is 17.2 Å². The van der Waals surface area contributed by atoms with E-state index in [9.17, 15) is 19.2 Å². The quantitative estimate of drug-likeness (QED) is 0.189. The fourth-order valence-corrected chi connectivity index (χ4v) is 3.48. The maximum Gasteiger partial charge on any atom is 0.330 e. The number of thiazole rings is 2. The molecule has 0 aliphatic carbocycles. The second-order valence-corrected chi connectivity index (χ2v) is 8.43. The Morgan fingerprint density at radius 2 is 1.22 bits per heavy atom. The van der Waals surface area contributed by atoms with Gasteiger partial charge in [-0.1, -0.05) is 0 Å². The summed E-state index contributed by atoms with van der Waals surface area (Å²) in [6, 6.07) is -3.58.